The summed E-state index contributed by atoms with van der Waals surface area (Å²) in [5.41, 5.74) is 3.92. The van der Waals surface area contributed by atoms with E-state index in [0.29, 0.717) is 12.8 Å². The molecule has 0 amide bonds. The minimum atomic E-state index is -1.33. The Morgan fingerprint density at radius 1 is 0.472 bits per heavy atom. The molecule has 0 radical (unpaired) electrons. The van der Waals surface area contributed by atoms with Gasteiger partial charge in [0.05, 0.1) is 0 Å². The second-order valence-corrected chi connectivity index (χ2v) is 12.1. The van der Waals surface area contributed by atoms with E-state index in [9.17, 15) is 10.2 Å². The molecule has 0 atom stereocenters. The van der Waals surface area contributed by atoms with E-state index in [-0.39, 0.29) is 20.4 Å². The molecular formula is C44H44N2O6Pd. The third kappa shape index (κ3) is 14.3. The Morgan fingerprint density at radius 3 is 0.906 bits per heavy atom. The third-order valence-corrected chi connectivity index (χ3v) is 7.71. The van der Waals surface area contributed by atoms with Gasteiger partial charge in [0.25, 0.3) is 11.9 Å². The maximum absolute atomic E-state index is 13.7. The van der Waals surface area contributed by atoms with Crippen molar-refractivity contribution in [1.29, 1.82) is 0 Å². The number of rotatable bonds is 8. The molecule has 276 valence electrons. The van der Waals surface area contributed by atoms with E-state index in [0.717, 1.165) is 58.9 Å². The number of aryl methyl sites for hydroxylation is 2. The van der Waals surface area contributed by atoms with Crippen LogP contribution in [0.4, 0.5) is 0 Å². The van der Waals surface area contributed by atoms with Gasteiger partial charge in [-0.1, -0.05) is 167 Å². The molecule has 0 unspecified atom stereocenters. The molecule has 6 aromatic rings. The van der Waals surface area contributed by atoms with Gasteiger partial charge in [-0.05, 0) is 51.0 Å². The van der Waals surface area contributed by atoms with E-state index in [4.69, 9.17) is 19.8 Å². The van der Waals surface area contributed by atoms with Gasteiger partial charge in [-0.2, -0.15) is 0 Å². The predicted molar refractivity (Wildman–Crippen MR) is 199 cm³/mol. The molecule has 0 spiro atoms. The average Bonchev–Trinajstić information content (AvgIpc) is 3.13. The Bertz CT molecular complexity index is 1730. The molecule has 0 bridgehead atoms. The first-order valence-electron chi connectivity index (χ1n) is 16.7. The number of carbonyl (C=O) groups is 2. The van der Waals surface area contributed by atoms with Crippen molar-refractivity contribution in [3.05, 3.63) is 203 Å². The van der Waals surface area contributed by atoms with Crippen LogP contribution in [0, 0.1) is 13.8 Å². The summed E-state index contributed by atoms with van der Waals surface area (Å²) in [5.74, 6) is -1.67. The number of aliphatic carboxylic acids is 2. The van der Waals surface area contributed by atoms with Gasteiger partial charge in [-0.15, -0.1) is 0 Å². The molecule has 2 heterocycles. The SMILES string of the molecule is CC(=O)O.CC(=O)O.Cc1cccc(CC([O-])(c2ccccc2)c2ccccc2)n1.Cc1cccc(CC([O-])(c2ccccc2)c2ccccc2)n1.[Pd+2]. The van der Waals surface area contributed by atoms with Gasteiger partial charge in [-0.25, -0.2) is 0 Å². The van der Waals surface area contributed by atoms with Crippen LogP contribution in [-0.2, 0) is 54.1 Å². The van der Waals surface area contributed by atoms with E-state index in [1.54, 1.807) is 0 Å². The van der Waals surface area contributed by atoms with Crippen molar-refractivity contribution in [3.8, 4) is 0 Å². The number of aromatic nitrogens is 2. The topological polar surface area (TPSA) is 146 Å². The van der Waals surface area contributed by atoms with Crippen LogP contribution in [-0.4, -0.2) is 32.1 Å². The van der Waals surface area contributed by atoms with Crippen molar-refractivity contribution >= 4 is 11.9 Å². The first kappa shape index (κ1) is 43.9. The summed E-state index contributed by atoms with van der Waals surface area (Å²) in [4.78, 5) is 27.0. The molecule has 0 saturated carbocycles. The Labute approximate surface area is 325 Å². The van der Waals surface area contributed by atoms with Crippen LogP contribution >= 0.6 is 0 Å². The number of benzene rings is 4. The number of nitrogens with zero attached hydrogens (tertiary/aromatic N) is 2. The Morgan fingerprint density at radius 2 is 0.698 bits per heavy atom. The fourth-order valence-corrected chi connectivity index (χ4v) is 5.48. The van der Waals surface area contributed by atoms with Crippen molar-refractivity contribution in [3.63, 3.8) is 0 Å². The van der Waals surface area contributed by atoms with Crippen LogP contribution < -0.4 is 10.2 Å². The second-order valence-electron chi connectivity index (χ2n) is 12.1. The molecule has 4 aromatic carbocycles. The Kier molecular flexibility index (Phi) is 18.1. The zero-order chi connectivity index (χ0) is 38.0. The number of carboxylic acid groups (broad SMARTS) is 2. The van der Waals surface area contributed by atoms with Gasteiger partial charge >= 0.3 is 20.4 Å². The minimum Gasteiger partial charge on any atom is -0.842 e. The summed E-state index contributed by atoms with van der Waals surface area (Å²) < 4.78 is 0. The third-order valence-electron chi connectivity index (χ3n) is 7.71. The molecule has 0 fully saturated rings. The van der Waals surface area contributed by atoms with Crippen LogP contribution in [0.5, 0.6) is 0 Å². The Balaban J connectivity index is 0.000000301. The van der Waals surface area contributed by atoms with E-state index in [1.165, 1.54) is 0 Å². The van der Waals surface area contributed by atoms with Crippen LogP contribution in [0.2, 0.25) is 0 Å². The summed E-state index contributed by atoms with van der Waals surface area (Å²) >= 11 is 0. The van der Waals surface area contributed by atoms with E-state index in [1.807, 2.05) is 172 Å². The second kappa shape index (κ2) is 21.9. The molecule has 0 aliphatic rings. The van der Waals surface area contributed by atoms with E-state index >= 15 is 0 Å². The summed E-state index contributed by atoms with van der Waals surface area (Å²) in [5, 5.41) is 42.3. The van der Waals surface area contributed by atoms with Crippen LogP contribution in [0.1, 0.15) is 58.9 Å². The van der Waals surface area contributed by atoms with Gasteiger partial charge in [0.1, 0.15) is 0 Å². The molecule has 53 heavy (non-hydrogen) atoms. The first-order chi connectivity index (χ1) is 24.8. The molecule has 2 aromatic heterocycles. The average molecular weight is 803 g/mol. The molecule has 0 aliphatic carbocycles. The maximum Gasteiger partial charge on any atom is 2.00 e. The van der Waals surface area contributed by atoms with Crippen LogP contribution in [0.15, 0.2) is 158 Å². The molecule has 9 heteroatoms. The van der Waals surface area contributed by atoms with Crippen LogP contribution in [0.3, 0.4) is 0 Å². The first-order valence-corrected chi connectivity index (χ1v) is 16.7. The van der Waals surface area contributed by atoms with Gasteiger partial charge in [0.15, 0.2) is 0 Å². The van der Waals surface area contributed by atoms with Gasteiger partial charge in [0, 0.05) is 36.6 Å². The number of carboxylic acids is 2. The fraction of sp³-hybridized carbons (Fsp3) is 0.182. The molecular weight excluding hydrogens is 759 g/mol. The van der Waals surface area contributed by atoms with E-state index in [2.05, 4.69) is 9.97 Å². The Hall–Kier alpha value is -5.30. The van der Waals surface area contributed by atoms with Crippen LogP contribution in [0.25, 0.3) is 0 Å². The van der Waals surface area contributed by atoms with Crippen molar-refractivity contribution in [1.82, 2.24) is 9.97 Å². The maximum atomic E-state index is 13.7. The van der Waals surface area contributed by atoms with Crippen molar-refractivity contribution in [2.24, 2.45) is 0 Å². The van der Waals surface area contributed by atoms with E-state index < -0.39 is 23.1 Å². The number of pyridine rings is 2. The predicted octanol–water partition coefficient (Wildman–Crippen LogP) is 6.65. The molecule has 2 N–H and O–H groups in total. The minimum absolute atomic E-state index is 0. The number of hydrogen-bond donors (Lipinski definition) is 2. The molecule has 8 nitrogen and oxygen atoms in total. The quantitative estimate of drug-likeness (QED) is 0.163. The van der Waals surface area contributed by atoms with Crippen molar-refractivity contribution in [2.75, 3.05) is 0 Å². The van der Waals surface area contributed by atoms with Gasteiger partial charge < -0.3 is 20.4 Å². The smallest absolute Gasteiger partial charge is 0.842 e. The zero-order valence-corrected chi connectivity index (χ0v) is 31.7. The summed E-state index contributed by atoms with van der Waals surface area (Å²) in [6.07, 6.45) is 0.672. The summed E-state index contributed by atoms with van der Waals surface area (Å²) in [6.45, 7) is 6.06. The van der Waals surface area contributed by atoms with Gasteiger partial charge in [0.2, 0.25) is 0 Å². The van der Waals surface area contributed by atoms with Gasteiger partial charge in [-0.3, -0.25) is 19.6 Å². The molecule has 6 rings (SSSR count). The monoisotopic (exact) mass is 802 g/mol. The molecule has 0 saturated heterocycles. The standard InChI is InChI=1S/2C20H18NO.2C2H4O2.Pd/c2*1-16-9-8-14-19(21-16)15-20(22,17-10-4-2-5-11-17)18-12-6-3-7-13-18;2*1-2(3)4;/h2*2-14H,15H2,1H3;2*1H3,(H,3,4);/q2*-1;;;+2. The zero-order valence-electron chi connectivity index (χ0n) is 30.2. The van der Waals surface area contributed by atoms with Crippen molar-refractivity contribution in [2.45, 2.75) is 51.7 Å². The van der Waals surface area contributed by atoms with Crippen molar-refractivity contribution < 1.29 is 50.4 Å². The number of hydrogen-bond acceptors (Lipinski definition) is 6. The fourth-order valence-electron chi connectivity index (χ4n) is 5.48. The normalized spacial score (nSPS) is 10.4. The largest absolute Gasteiger partial charge is 2.00 e. The molecule has 0 aliphatic heterocycles. The summed E-state index contributed by atoms with van der Waals surface area (Å²) in [6, 6.07) is 49.8. The summed E-state index contributed by atoms with van der Waals surface area (Å²) in [7, 11) is 0.